The first kappa shape index (κ1) is 26.1. The first-order valence-electron chi connectivity index (χ1n) is 11.6. The van der Waals surface area contributed by atoms with E-state index in [-0.39, 0.29) is 42.2 Å². The van der Waals surface area contributed by atoms with Gasteiger partial charge in [0.15, 0.2) is 5.11 Å². The lowest BCUT2D eigenvalue weighted by Crippen LogP contribution is -2.39. The number of carbonyl (C=O) groups is 2. The maximum Gasteiger partial charge on any atom is 0.256 e. The van der Waals surface area contributed by atoms with Gasteiger partial charge in [-0.2, -0.15) is 0 Å². The van der Waals surface area contributed by atoms with Crippen LogP contribution in [0.5, 0.6) is 11.5 Å². The number of hydrogen-bond donors (Lipinski definition) is 2. The Kier molecular flexibility index (Phi) is 8.32. The molecule has 4 rings (SSSR count). The number of phenols is 1. The molecule has 2 amide bonds. The summed E-state index contributed by atoms with van der Waals surface area (Å²) < 4.78 is 24.4. The number of nitrogens with one attached hydrogen (secondary N) is 1. The van der Waals surface area contributed by atoms with Crippen LogP contribution >= 0.6 is 12.2 Å². The molecular weight excluding hydrogens is 497 g/mol. The molecule has 0 bridgehead atoms. The molecule has 192 valence electrons. The van der Waals surface area contributed by atoms with Crippen LogP contribution in [0.15, 0.2) is 72.8 Å². The van der Waals surface area contributed by atoms with E-state index in [9.17, 15) is 19.1 Å². The van der Waals surface area contributed by atoms with E-state index in [2.05, 4.69) is 5.32 Å². The Morgan fingerprint density at radius 1 is 1.05 bits per heavy atom. The number of carbonyl (C=O) groups excluding carboxylic acids is 2. The van der Waals surface area contributed by atoms with Gasteiger partial charge >= 0.3 is 0 Å². The van der Waals surface area contributed by atoms with Crippen LogP contribution < -0.4 is 15.0 Å². The SMILES string of the molecule is COc1ccc(NC(=O)CC2C(=O)N(c3ccc(F)cc3)C(=S)N2CCOCc2ccc(O)cc2)cc1. The predicted molar refractivity (Wildman–Crippen MR) is 141 cm³/mol. The number of rotatable bonds is 10. The average molecular weight is 524 g/mol. The van der Waals surface area contributed by atoms with E-state index in [0.29, 0.717) is 23.7 Å². The van der Waals surface area contributed by atoms with Crippen molar-refractivity contribution >= 4 is 40.5 Å². The van der Waals surface area contributed by atoms with Crippen molar-refractivity contribution in [2.24, 2.45) is 0 Å². The minimum Gasteiger partial charge on any atom is -0.508 e. The quantitative estimate of drug-likeness (QED) is 0.306. The number of amides is 2. The molecule has 1 aliphatic heterocycles. The smallest absolute Gasteiger partial charge is 0.256 e. The van der Waals surface area contributed by atoms with Gasteiger partial charge in [0.25, 0.3) is 5.91 Å². The van der Waals surface area contributed by atoms with Crippen LogP contribution in [-0.2, 0) is 20.9 Å². The molecule has 1 saturated heterocycles. The summed E-state index contributed by atoms with van der Waals surface area (Å²) in [6.45, 7) is 0.808. The number of anilines is 2. The highest BCUT2D eigenvalue weighted by Crippen LogP contribution is 2.28. The number of phenolic OH excluding ortho intramolecular Hbond substituents is 1. The fourth-order valence-corrected chi connectivity index (χ4v) is 4.34. The molecular formula is C27H26FN3O5S. The zero-order valence-corrected chi connectivity index (χ0v) is 20.9. The molecule has 3 aromatic rings. The van der Waals surface area contributed by atoms with Gasteiger partial charge in [0, 0.05) is 12.2 Å². The van der Waals surface area contributed by atoms with Gasteiger partial charge in [-0.05, 0) is 78.4 Å². The van der Waals surface area contributed by atoms with Gasteiger partial charge in [-0.3, -0.25) is 14.5 Å². The monoisotopic (exact) mass is 523 g/mol. The third kappa shape index (κ3) is 6.41. The van der Waals surface area contributed by atoms with E-state index in [1.165, 1.54) is 29.2 Å². The summed E-state index contributed by atoms with van der Waals surface area (Å²) in [5.74, 6) is -0.345. The minimum absolute atomic E-state index is 0.138. The average Bonchev–Trinajstić information content (AvgIpc) is 3.12. The van der Waals surface area contributed by atoms with Crippen molar-refractivity contribution in [3.63, 3.8) is 0 Å². The van der Waals surface area contributed by atoms with Crippen LogP contribution in [0, 0.1) is 5.82 Å². The molecule has 0 radical (unpaired) electrons. The summed E-state index contributed by atoms with van der Waals surface area (Å²) in [5, 5.41) is 12.4. The van der Waals surface area contributed by atoms with E-state index in [4.69, 9.17) is 21.7 Å². The van der Waals surface area contributed by atoms with E-state index in [1.807, 2.05) is 0 Å². The lowest BCUT2D eigenvalue weighted by atomic mass is 10.1. The molecule has 0 aliphatic carbocycles. The molecule has 10 heteroatoms. The van der Waals surface area contributed by atoms with Gasteiger partial charge in [0.1, 0.15) is 23.4 Å². The summed E-state index contributed by atoms with van der Waals surface area (Å²) in [7, 11) is 1.55. The number of hydrogen-bond acceptors (Lipinski definition) is 6. The van der Waals surface area contributed by atoms with Gasteiger partial charge in [-0.25, -0.2) is 4.39 Å². The van der Waals surface area contributed by atoms with Crippen LogP contribution in [-0.4, -0.2) is 53.2 Å². The molecule has 1 aliphatic rings. The molecule has 1 atom stereocenters. The standard InChI is InChI=1S/C27H26FN3O5S/c1-35-23-12-6-20(7-13-23)29-25(33)16-24-26(34)31(21-8-4-19(28)5-9-21)27(37)30(24)14-15-36-17-18-2-10-22(32)11-3-18/h2-13,24,32H,14-17H2,1H3,(H,29,33). The highest BCUT2D eigenvalue weighted by Gasteiger charge is 2.44. The maximum atomic E-state index is 13.5. The van der Waals surface area contributed by atoms with Gasteiger partial charge in [-0.1, -0.05) is 12.1 Å². The Labute approximate surface area is 219 Å². The number of methoxy groups -OCH3 is 1. The summed E-state index contributed by atoms with van der Waals surface area (Å²) in [5.41, 5.74) is 1.86. The molecule has 3 aromatic carbocycles. The summed E-state index contributed by atoms with van der Waals surface area (Å²) in [6.07, 6.45) is -0.138. The van der Waals surface area contributed by atoms with Crippen molar-refractivity contribution in [1.82, 2.24) is 4.90 Å². The zero-order chi connectivity index (χ0) is 26.4. The normalized spacial score (nSPS) is 15.2. The Balaban J connectivity index is 1.45. The lowest BCUT2D eigenvalue weighted by molar-refractivity contribution is -0.124. The molecule has 1 heterocycles. The predicted octanol–water partition coefficient (Wildman–Crippen LogP) is 4.09. The number of nitrogens with zero attached hydrogens (tertiary/aromatic N) is 2. The Morgan fingerprint density at radius 2 is 1.73 bits per heavy atom. The Hall–Kier alpha value is -4.02. The van der Waals surface area contributed by atoms with E-state index < -0.39 is 11.9 Å². The highest BCUT2D eigenvalue weighted by atomic mass is 32.1. The van der Waals surface area contributed by atoms with Crippen molar-refractivity contribution in [3.8, 4) is 11.5 Å². The van der Waals surface area contributed by atoms with E-state index in [0.717, 1.165) is 5.56 Å². The molecule has 37 heavy (non-hydrogen) atoms. The van der Waals surface area contributed by atoms with Gasteiger partial charge in [0.2, 0.25) is 5.91 Å². The van der Waals surface area contributed by atoms with Crippen LogP contribution in [0.2, 0.25) is 0 Å². The first-order chi connectivity index (χ1) is 17.9. The minimum atomic E-state index is -0.854. The fraction of sp³-hybridized carbons (Fsp3) is 0.222. The van der Waals surface area contributed by atoms with Gasteiger partial charge in [0.05, 0.1) is 32.4 Å². The molecule has 2 N–H and O–H groups in total. The van der Waals surface area contributed by atoms with Gasteiger partial charge < -0.3 is 24.8 Å². The van der Waals surface area contributed by atoms with Crippen molar-refractivity contribution < 1.29 is 28.6 Å². The van der Waals surface area contributed by atoms with Crippen molar-refractivity contribution in [2.45, 2.75) is 19.1 Å². The van der Waals surface area contributed by atoms with Crippen molar-refractivity contribution in [2.75, 3.05) is 30.5 Å². The molecule has 8 nitrogen and oxygen atoms in total. The van der Waals surface area contributed by atoms with Crippen molar-refractivity contribution in [1.29, 1.82) is 0 Å². The van der Waals surface area contributed by atoms with Crippen molar-refractivity contribution in [3.05, 3.63) is 84.2 Å². The number of benzene rings is 3. The molecule has 1 fully saturated rings. The molecule has 0 saturated carbocycles. The number of aromatic hydroxyl groups is 1. The number of ether oxygens (including phenoxy) is 2. The van der Waals surface area contributed by atoms with Crippen LogP contribution in [0.3, 0.4) is 0 Å². The molecule has 1 unspecified atom stereocenters. The van der Waals surface area contributed by atoms with Gasteiger partial charge in [-0.15, -0.1) is 0 Å². The molecule has 0 aromatic heterocycles. The second kappa shape index (κ2) is 11.8. The van der Waals surface area contributed by atoms with Crippen LogP contribution in [0.25, 0.3) is 0 Å². The number of thiocarbonyl (C=S) groups is 1. The number of halogens is 1. The third-order valence-corrected chi connectivity index (χ3v) is 6.25. The van der Waals surface area contributed by atoms with Crippen LogP contribution in [0.1, 0.15) is 12.0 Å². The van der Waals surface area contributed by atoms with E-state index >= 15 is 0 Å². The summed E-state index contributed by atoms with van der Waals surface area (Å²) >= 11 is 5.61. The molecule has 0 spiro atoms. The second-order valence-corrected chi connectivity index (χ2v) is 8.71. The largest absolute Gasteiger partial charge is 0.508 e. The Morgan fingerprint density at radius 3 is 2.38 bits per heavy atom. The first-order valence-corrected chi connectivity index (χ1v) is 12.0. The maximum absolute atomic E-state index is 13.5. The third-order valence-electron chi connectivity index (χ3n) is 5.84. The zero-order valence-electron chi connectivity index (χ0n) is 20.1. The summed E-state index contributed by atoms with van der Waals surface area (Å²) in [4.78, 5) is 29.3. The second-order valence-electron chi connectivity index (χ2n) is 8.34. The van der Waals surface area contributed by atoms with E-state index in [1.54, 1.807) is 60.5 Å². The summed E-state index contributed by atoms with van der Waals surface area (Å²) in [6, 6.07) is 18.1. The highest BCUT2D eigenvalue weighted by molar-refractivity contribution is 7.80. The lowest BCUT2D eigenvalue weighted by Gasteiger charge is -2.23. The fourth-order valence-electron chi connectivity index (χ4n) is 3.92. The topological polar surface area (TPSA) is 91.3 Å². The van der Waals surface area contributed by atoms with Crippen LogP contribution in [0.4, 0.5) is 15.8 Å². The Bertz CT molecular complexity index is 1250.